The Labute approximate surface area is 139 Å². The molecule has 3 nitrogen and oxygen atoms in total. The summed E-state index contributed by atoms with van der Waals surface area (Å²) in [6.45, 7) is 0.218. The van der Waals surface area contributed by atoms with Crippen LogP contribution in [-0.4, -0.2) is 27.4 Å². The van der Waals surface area contributed by atoms with E-state index in [9.17, 15) is 0 Å². The summed E-state index contributed by atoms with van der Waals surface area (Å²) >= 11 is 6.85. The highest BCUT2D eigenvalue weighted by Gasteiger charge is 2.10. The van der Waals surface area contributed by atoms with Gasteiger partial charge in [0, 0.05) is 21.7 Å². The van der Waals surface area contributed by atoms with Crippen LogP contribution in [0.25, 0.3) is 20.7 Å². The lowest BCUT2D eigenvalue weighted by Crippen LogP contribution is -1.88. The summed E-state index contributed by atoms with van der Waals surface area (Å²) in [5.41, 5.74) is 2.17. The number of aromatic nitrogens is 2. The number of aliphatic hydroxyl groups excluding tert-OH is 1. The number of hydrogen-bond acceptors (Lipinski definition) is 5. The Balaban J connectivity index is 1.95. The van der Waals surface area contributed by atoms with Gasteiger partial charge in [-0.1, -0.05) is 28.1 Å². The number of thiophene rings is 1. The van der Waals surface area contributed by atoms with Crippen LogP contribution < -0.4 is 0 Å². The third kappa shape index (κ3) is 3.45. The van der Waals surface area contributed by atoms with E-state index < -0.39 is 0 Å². The Kier molecular flexibility index (Phi) is 4.90. The molecule has 3 aromatic rings. The van der Waals surface area contributed by atoms with Crippen LogP contribution in [-0.2, 0) is 0 Å². The Hall–Kier alpha value is -0.950. The van der Waals surface area contributed by atoms with Gasteiger partial charge < -0.3 is 5.11 Å². The minimum absolute atomic E-state index is 0.218. The molecule has 2 heterocycles. The molecule has 2 aromatic heterocycles. The van der Waals surface area contributed by atoms with E-state index in [4.69, 9.17) is 5.11 Å². The summed E-state index contributed by atoms with van der Waals surface area (Å²) in [5, 5.41) is 9.89. The van der Waals surface area contributed by atoms with Crippen LogP contribution >= 0.6 is 39.0 Å². The van der Waals surface area contributed by atoms with E-state index in [-0.39, 0.29) is 6.61 Å². The minimum atomic E-state index is 0.218. The SMILES string of the molecule is OCCCSc1ncnc2cc(-c3ccc(Br)cc3)sc12. The summed E-state index contributed by atoms with van der Waals surface area (Å²) < 4.78 is 2.20. The molecule has 0 unspecified atom stereocenters. The molecule has 0 radical (unpaired) electrons. The molecule has 3 rings (SSSR count). The Morgan fingerprint density at radius 3 is 2.76 bits per heavy atom. The Morgan fingerprint density at radius 1 is 1.19 bits per heavy atom. The molecule has 0 bridgehead atoms. The zero-order valence-electron chi connectivity index (χ0n) is 11.1. The second kappa shape index (κ2) is 6.87. The highest BCUT2D eigenvalue weighted by Crippen LogP contribution is 2.37. The topological polar surface area (TPSA) is 46.0 Å². The van der Waals surface area contributed by atoms with E-state index in [0.717, 1.165) is 31.9 Å². The van der Waals surface area contributed by atoms with Crippen molar-refractivity contribution in [3.05, 3.63) is 41.1 Å². The van der Waals surface area contributed by atoms with Gasteiger partial charge in [-0.05, 0) is 30.2 Å². The molecule has 0 aliphatic heterocycles. The number of aliphatic hydroxyl groups is 1. The number of thioether (sulfide) groups is 1. The van der Waals surface area contributed by atoms with Gasteiger partial charge >= 0.3 is 0 Å². The molecule has 0 fully saturated rings. The normalized spacial score (nSPS) is 11.1. The van der Waals surface area contributed by atoms with Gasteiger partial charge in [-0.2, -0.15) is 0 Å². The summed E-state index contributed by atoms with van der Waals surface area (Å²) in [6.07, 6.45) is 2.39. The summed E-state index contributed by atoms with van der Waals surface area (Å²) in [4.78, 5) is 9.93. The monoisotopic (exact) mass is 380 g/mol. The van der Waals surface area contributed by atoms with Crippen LogP contribution in [0, 0.1) is 0 Å². The molecule has 0 amide bonds. The first kappa shape index (κ1) is 15.0. The van der Waals surface area contributed by atoms with Crippen LogP contribution in [0.15, 0.2) is 46.2 Å². The zero-order chi connectivity index (χ0) is 14.7. The van der Waals surface area contributed by atoms with E-state index in [1.807, 2.05) is 12.1 Å². The first-order valence-electron chi connectivity index (χ1n) is 6.52. The average molecular weight is 381 g/mol. The molecule has 0 saturated heterocycles. The highest BCUT2D eigenvalue weighted by molar-refractivity contribution is 9.10. The number of fused-ring (bicyclic) bond motifs is 1. The van der Waals surface area contributed by atoms with Gasteiger partial charge in [-0.15, -0.1) is 23.1 Å². The summed E-state index contributed by atoms with van der Waals surface area (Å²) in [7, 11) is 0. The molecule has 0 spiro atoms. The Bertz CT molecular complexity index is 743. The van der Waals surface area contributed by atoms with Crippen molar-refractivity contribution in [1.82, 2.24) is 9.97 Å². The van der Waals surface area contributed by atoms with Gasteiger partial charge in [-0.25, -0.2) is 9.97 Å². The van der Waals surface area contributed by atoms with E-state index in [2.05, 4.69) is 44.1 Å². The van der Waals surface area contributed by atoms with Gasteiger partial charge in [-0.3, -0.25) is 0 Å². The van der Waals surface area contributed by atoms with Gasteiger partial charge in [0.1, 0.15) is 11.4 Å². The molecule has 6 heteroatoms. The van der Waals surface area contributed by atoms with Gasteiger partial charge in [0.05, 0.1) is 10.2 Å². The molecule has 0 saturated carbocycles. The number of benzene rings is 1. The van der Waals surface area contributed by atoms with Crippen LogP contribution in [0.4, 0.5) is 0 Å². The van der Waals surface area contributed by atoms with Crippen molar-refractivity contribution < 1.29 is 5.11 Å². The first-order valence-corrected chi connectivity index (χ1v) is 9.11. The second-order valence-corrected chi connectivity index (χ2v) is 7.49. The lowest BCUT2D eigenvalue weighted by Gasteiger charge is -1.99. The number of rotatable bonds is 5. The molecule has 0 atom stereocenters. The van der Waals surface area contributed by atoms with Crippen molar-refractivity contribution in [1.29, 1.82) is 0 Å². The van der Waals surface area contributed by atoms with E-state index in [1.165, 1.54) is 10.4 Å². The first-order chi connectivity index (χ1) is 10.3. The molecular weight excluding hydrogens is 368 g/mol. The van der Waals surface area contributed by atoms with Gasteiger partial charge in [0.25, 0.3) is 0 Å². The van der Waals surface area contributed by atoms with Crippen molar-refractivity contribution in [2.45, 2.75) is 11.4 Å². The number of hydrogen-bond donors (Lipinski definition) is 1. The molecule has 1 aromatic carbocycles. The van der Waals surface area contributed by atoms with E-state index >= 15 is 0 Å². The van der Waals surface area contributed by atoms with Crippen molar-refractivity contribution in [2.24, 2.45) is 0 Å². The molecule has 0 aliphatic rings. The fraction of sp³-hybridized carbons (Fsp3) is 0.200. The van der Waals surface area contributed by atoms with E-state index in [1.54, 1.807) is 29.4 Å². The van der Waals surface area contributed by atoms with Gasteiger partial charge in [0.2, 0.25) is 0 Å². The van der Waals surface area contributed by atoms with Crippen LogP contribution in [0.1, 0.15) is 6.42 Å². The van der Waals surface area contributed by atoms with Crippen LogP contribution in [0.5, 0.6) is 0 Å². The largest absolute Gasteiger partial charge is 0.396 e. The lowest BCUT2D eigenvalue weighted by atomic mass is 10.2. The molecule has 1 N–H and O–H groups in total. The quantitative estimate of drug-likeness (QED) is 0.399. The standard InChI is InChI=1S/C15H13BrN2OS2/c16-11-4-2-10(3-5-11)13-8-12-14(21-13)15(18-9-17-12)20-7-1-6-19/h2-5,8-9,19H,1,6-7H2. The minimum Gasteiger partial charge on any atom is -0.396 e. The lowest BCUT2D eigenvalue weighted by molar-refractivity contribution is 0.296. The fourth-order valence-electron chi connectivity index (χ4n) is 1.93. The summed E-state index contributed by atoms with van der Waals surface area (Å²) in [6, 6.07) is 10.4. The number of nitrogens with zero attached hydrogens (tertiary/aromatic N) is 2. The predicted octanol–water partition coefficient (Wildman–Crippen LogP) is 4.60. The highest BCUT2D eigenvalue weighted by atomic mass is 79.9. The Morgan fingerprint density at radius 2 is 2.00 bits per heavy atom. The maximum Gasteiger partial charge on any atom is 0.117 e. The zero-order valence-corrected chi connectivity index (χ0v) is 14.3. The second-order valence-electron chi connectivity index (χ2n) is 4.44. The molecule has 0 aliphatic carbocycles. The van der Waals surface area contributed by atoms with Crippen molar-refractivity contribution in [3.63, 3.8) is 0 Å². The molecular formula is C15H13BrN2OS2. The molecule has 21 heavy (non-hydrogen) atoms. The molecule has 108 valence electrons. The van der Waals surface area contributed by atoms with Crippen LogP contribution in [0.3, 0.4) is 0 Å². The van der Waals surface area contributed by atoms with Crippen molar-refractivity contribution in [3.8, 4) is 10.4 Å². The number of halogens is 1. The predicted molar refractivity (Wildman–Crippen MR) is 93.0 cm³/mol. The van der Waals surface area contributed by atoms with E-state index in [0.29, 0.717) is 0 Å². The van der Waals surface area contributed by atoms with Gasteiger partial charge in [0.15, 0.2) is 0 Å². The maximum atomic E-state index is 8.89. The average Bonchev–Trinajstić information content (AvgIpc) is 2.93. The smallest absolute Gasteiger partial charge is 0.117 e. The van der Waals surface area contributed by atoms with Crippen molar-refractivity contribution in [2.75, 3.05) is 12.4 Å². The fourth-order valence-corrected chi connectivity index (χ4v) is 4.32. The maximum absolute atomic E-state index is 8.89. The van der Waals surface area contributed by atoms with Crippen LogP contribution in [0.2, 0.25) is 0 Å². The van der Waals surface area contributed by atoms with Crippen molar-refractivity contribution >= 4 is 49.2 Å². The third-order valence-corrected chi connectivity index (χ3v) is 5.86. The third-order valence-electron chi connectivity index (χ3n) is 2.95. The summed E-state index contributed by atoms with van der Waals surface area (Å²) in [5.74, 6) is 0.869.